The first kappa shape index (κ1) is 12.2. The molecule has 0 atom stereocenters. The van der Waals surface area contributed by atoms with Gasteiger partial charge in [0.1, 0.15) is 6.54 Å². The highest BCUT2D eigenvalue weighted by molar-refractivity contribution is 6.12. The number of benzene rings is 1. The minimum Gasteiger partial charge on any atom is -0.285 e. The van der Waals surface area contributed by atoms with Crippen molar-refractivity contribution < 1.29 is 9.59 Å². The SMILES string of the molecule is O=C1CN(c2ccccc2)C(=O)N1C1CCCCC1. The fourth-order valence-corrected chi connectivity index (χ4v) is 3.02. The Balaban J connectivity index is 1.81. The number of imide groups is 1. The maximum Gasteiger partial charge on any atom is 0.331 e. The lowest BCUT2D eigenvalue weighted by molar-refractivity contribution is -0.126. The zero-order valence-electron chi connectivity index (χ0n) is 10.9. The minimum absolute atomic E-state index is 0.0549. The van der Waals surface area contributed by atoms with Gasteiger partial charge < -0.3 is 0 Å². The molecular formula is C15H18N2O2. The van der Waals surface area contributed by atoms with E-state index in [9.17, 15) is 9.59 Å². The lowest BCUT2D eigenvalue weighted by atomic mass is 9.94. The number of nitrogens with zero attached hydrogens (tertiary/aromatic N) is 2. The van der Waals surface area contributed by atoms with Gasteiger partial charge in [-0.25, -0.2) is 4.79 Å². The van der Waals surface area contributed by atoms with Crippen LogP contribution in [0, 0.1) is 0 Å². The molecule has 2 fully saturated rings. The summed E-state index contributed by atoms with van der Waals surface area (Å²) in [5.74, 6) is -0.0549. The highest BCUT2D eigenvalue weighted by Crippen LogP contribution is 2.28. The Bertz CT molecular complexity index is 480. The van der Waals surface area contributed by atoms with E-state index in [0.29, 0.717) is 0 Å². The number of urea groups is 1. The van der Waals surface area contributed by atoms with Gasteiger partial charge in [-0.05, 0) is 25.0 Å². The molecule has 4 heteroatoms. The first-order valence-electron chi connectivity index (χ1n) is 6.96. The van der Waals surface area contributed by atoms with Crippen LogP contribution in [0.5, 0.6) is 0 Å². The monoisotopic (exact) mass is 258 g/mol. The van der Waals surface area contributed by atoms with Gasteiger partial charge in [-0.3, -0.25) is 14.6 Å². The van der Waals surface area contributed by atoms with Gasteiger partial charge in [-0.2, -0.15) is 0 Å². The maximum atomic E-state index is 12.4. The molecule has 4 nitrogen and oxygen atoms in total. The van der Waals surface area contributed by atoms with Crippen LogP contribution in [0.2, 0.25) is 0 Å². The summed E-state index contributed by atoms with van der Waals surface area (Å²) in [7, 11) is 0. The molecule has 1 saturated heterocycles. The second-order valence-corrected chi connectivity index (χ2v) is 5.26. The Labute approximate surface area is 113 Å². The molecule has 0 bridgehead atoms. The van der Waals surface area contributed by atoms with E-state index in [1.165, 1.54) is 11.3 Å². The Kier molecular flexibility index (Phi) is 3.23. The fraction of sp³-hybridized carbons (Fsp3) is 0.467. The van der Waals surface area contributed by atoms with Crippen molar-refractivity contribution in [3.8, 4) is 0 Å². The van der Waals surface area contributed by atoms with Crippen LogP contribution < -0.4 is 4.90 Å². The van der Waals surface area contributed by atoms with Crippen molar-refractivity contribution in [1.82, 2.24) is 4.90 Å². The number of para-hydroxylation sites is 1. The van der Waals surface area contributed by atoms with Crippen LogP contribution in [0.1, 0.15) is 32.1 Å². The van der Waals surface area contributed by atoms with Crippen LogP contribution in [0.25, 0.3) is 0 Å². The van der Waals surface area contributed by atoms with Crippen molar-refractivity contribution in [3.05, 3.63) is 30.3 Å². The Morgan fingerprint density at radius 2 is 1.63 bits per heavy atom. The zero-order valence-corrected chi connectivity index (χ0v) is 10.9. The first-order valence-corrected chi connectivity index (χ1v) is 6.96. The molecule has 1 aromatic carbocycles. The van der Waals surface area contributed by atoms with Gasteiger partial charge >= 0.3 is 6.03 Å². The van der Waals surface area contributed by atoms with Gasteiger partial charge in [0.2, 0.25) is 0 Å². The van der Waals surface area contributed by atoms with Gasteiger partial charge in [0.15, 0.2) is 0 Å². The van der Waals surface area contributed by atoms with Crippen molar-refractivity contribution in [2.75, 3.05) is 11.4 Å². The van der Waals surface area contributed by atoms with Crippen LogP contribution in [0.4, 0.5) is 10.5 Å². The Hall–Kier alpha value is -1.84. The second kappa shape index (κ2) is 5.03. The van der Waals surface area contributed by atoms with E-state index in [1.54, 1.807) is 4.90 Å². The molecular weight excluding hydrogens is 240 g/mol. The van der Waals surface area contributed by atoms with Crippen molar-refractivity contribution in [1.29, 1.82) is 0 Å². The van der Waals surface area contributed by atoms with Crippen LogP contribution in [0.3, 0.4) is 0 Å². The standard InChI is InChI=1S/C15H18N2O2/c18-14-11-16(12-7-3-1-4-8-12)15(19)17(14)13-9-5-2-6-10-13/h1,3-4,7-8,13H,2,5-6,9-11H2. The molecule has 1 aliphatic heterocycles. The number of hydrogen-bond acceptors (Lipinski definition) is 2. The normalized spacial score (nSPS) is 21.3. The van der Waals surface area contributed by atoms with E-state index in [4.69, 9.17) is 0 Å². The van der Waals surface area contributed by atoms with E-state index in [-0.39, 0.29) is 24.5 Å². The number of carbonyl (C=O) groups is 2. The fourth-order valence-electron chi connectivity index (χ4n) is 3.02. The van der Waals surface area contributed by atoms with Crippen LogP contribution in [-0.2, 0) is 4.79 Å². The maximum absolute atomic E-state index is 12.4. The summed E-state index contributed by atoms with van der Waals surface area (Å²) in [5, 5.41) is 0. The summed E-state index contributed by atoms with van der Waals surface area (Å²) in [6, 6.07) is 9.38. The molecule has 2 aliphatic rings. The van der Waals surface area contributed by atoms with Crippen molar-refractivity contribution in [3.63, 3.8) is 0 Å². The van der Waals surface area contributed by atoms with Crippen LogP contribution in [0.15, 0.2) is 30.3 Å². The van der Waals surface area contributed by atoms with Crippen molar-refractivity contribution in [2.45, 2.75) is 38.1 Å². The molecule has 1 heterocycles. The van der Waals surface area contributed by atoms with E-state index in [2.05, 4.69) is 0 Å². The quantitative estimate of drug-likeness (QED) is 0.765. The molecule has 1 aliphatic carbocycles. The summed E-state index contributed by atoms with van der Waals surface area (Å²) in [4.78, 5) is 27.7. The Morgan fingerprint density at radius 3 is 2.32 bits per heavy atom. The van der Waals surface area contributed by atoms with E-state index >= 15 is 0 Å². The van der Waals surface area contributed by atoms with Crippen molar-refractivity contribution in [2.24, 2.45) is 0 Å². The summed E-state index contributed by atoms with van der Waals surface area (Å²) >= 11 is 0. The smallest absolute Gasteiger partial charge is 0.285 e. The molecule has 0 aromatic heterocycles. The van der Waals surface area contributed by atoms with Gasteiger partial charge in [0, 0.05) is 11.7 Å². The summed E-state index contributed by atoms with van der Waals surface area (Å²) in [6.45, 7) is 0.180. The molecule has 1 aromatic rings. The third kappa shape index (κ3) is 2.23. The van der Waals surface area contributed by atoms with Crippen LogP contribution in [-0.4, -0.2) is 29.4 Å². The second-order valence-electron chi connectivity index (χ2n) is 5.26. The first-order chi connectivity index (χ1) is 9.27. The number of anilines is 1. The van der Waals surface area contributed by atoms with Crippen LogP contribution >= 0.6 is 0 Å². The summed E-state index contributed by atoms with van der Waals surface area (Å²) in [5.41, 5.74) is 0.805. The molecule has 100 valence electrons. The molecule has 1 saturated carbocycles. The van der Waals surface area contributed by atoms with E-state index < -0.39 is 0 Å². The summed E-state index contributed by atoms with van der Waals surface area (Å²) < 4.78 is 0. The lowest BCUT2D eigenvalue weighted by Crippen LogP contribution is -2.42. The lowest BCUT2D eigenvalue weighted by Gasteiger charge is -2.29. The average molecular weight is 258 g/mol. The van der Waals surface area contributed by atoms with Gasteiger partial charge in [0.25, 0.3) is 5.91 Å². The molecule has 3 rings (SSSR count). The highest BCUT2D eigenvalue weighted by atomic mass is 16.2. The molecule has 3 amide bonds. The number of amides is 3. The average Bonchev–Trinajstić information content (AvgIpc) is 2.76. The summed E-state index contributed by atoms with van der Waals surface area (Å²) in [6.07, 6.45) is 5.37. The number of hydrogen-bond donors (Lipinski definition) is 0. The van der Waals surface area contributed by atoms with Gasteiger partial charge in [-0.15, -0.1) is 0 Å². The molecule has 0 radical (unpaired) electrons. The number of rotatable bonds is 2. The number of carbonyl (C=O) groups excluding carboxylic acids is 2. The predicted octanol–water partition coefficient (Wildman–Crippen LogP) is 2.79. The molecule has 0 spiro atoms. The molecule has 0 N–H and O–H groups in total. The molecule has 0 unspecified atom stereocenters. The third-order valence-electron chi connectivity index (χ3n) is 4.01. The van der Waals surface area contributed by atoms with E-state index in [1.807, 2.05) is 30.3 Å². The highest BCUT2D eigenvalue weighted by Gasteiger charge is 2.41. The minimum atomic E-state index is -0.150. The zero-order chi connectivity index (χ0) is 13.2. The largest absolute Gasteiger partial charge is 0.331 e. The van der Waals surface area contributed by atoms with E-state index in [0.717, 1.165) is 31.4 Å². The van der Waals surface area contributed by atoms with Crippen molar-refractivity contribution >= 4 is 17.6 Å². The third-order valence-corrected chi connectivity index (χ3v) is 4.01. The molecule has 19 heavy (non-hydrogen) atoms. The van der Waals surface area contributed by atoms with Gasteiger partial charge in [-0.1, -0.05) is 37.5 Å². The Morgan fingerprint density at radius 1 is 0.947 bits per heavy atom. The van der Waals surface area contributed by atoms with Gasteiger partial charge in [0.05, 0.1) is 0 Å². The predicted molar refractivity (Wildman–Crippen MR) is 72.9 cm³/mol. The topological polar surface area (TPSA) is 40.6 Å².